The van der Waals surface area contributed by atoms with Gasteiger partial charge in [0, 0.05) is 44.8 Å². The molecular formula is C13H27N3O. The minimum absolute atomic E-state index is 0.425. The molecule has 3 unspecified atom stereocenters. The van der Waals surface area contributed by atoms with Crippen LogP contribution in [0.2, 0.25) is 0 Å². The lowest BCUT2D eigenvalue weighted by Gasteiger charge is -2.42. The van der Waals surface area contributed by atoms with Gasteiger partial charge in [-0.2, -0.15) is 0 Å². The van der Waals surface area contributed by atoms with Crippen LogP contribution < -0.4 is 5.32 Å². The molecule has 0 aromatic rings. The molecule has 0 saturated carbocycles. The normalized spacial score (nSPS) is 37.2. The van der Waals surface area contributed by atoms with Crippen LogP contribution in [0, 0.1) is 0 Å². The maximum absolute atomic E-state index is 5.74. The second kappa shape index (κ2) is 6.14. The molecule has 2 fully saturated rings. The fraction of sp³-hybridized carbons (Fsp3) is 1.00. The maximum Gasteiger partial charge on any atom is 0.0712 e. The predicted octanol–water partition coefficient (Wildman–Crippen LogP) is 0.389. The van der Waals surface area contributed by atoms with Crippen molar-refractivity contribution >= 4 is 0 Å². The average Bonchev–Trinajstić information content (AvgIpc) is 2.34. The van der Waals surface area contributed by atoms with Gasteiger partial charge in [-0.1, -0.05) is 0 Å². The lowest BCUT2D eigenvalue weighted by atomic mass is 10.1. The molecule has 4 nitrogen and oxygen atoms in total. The molecule has 0 aromatic heterocycles. The van der Waals surface area contributed by atoms with E-state index in [1.165, 1.54) is 19.6 Å². The van der Waals surface area contributed by atoms with E-state index in [0.29, 0.717) is 18.2 Å². The van der Waals surface area contributed by atoms with Gasteiger partial charge in [0.25, 0.3) is 0 Å². The quantitative estimate of drug-likeness (QED) is 0.773. The van der Waals surface area contributed by atoms with Gasteiger partial charge in [-0.15, -0.1) is 0 Å². The molecule has 2 aliphatic rings. The number of nitrogens with one attached hydrogen (secondary N) is 1. The van der Waals surface area contributed by atoms with E-state index in [0.717, 1.165) is 26.1 Å². The van der Waals surface area contributed by atoms with Crippen LogP contribution in [0.1, 0.15) is 20.3 Å². The third kappa shape index (κ3) is 3.65. The molecule has 0 amide bonds. The predicted molar refractivity (Wildman–Crippen MR) is 70.4 cm³/mol. The Balaban J connectivity index is 1.71. The topological polar surface area (TPSA) is 27.7 Å². The van der Waals surface area contributed by atoms with Crippen LogP contribution >= 0.6 is 0 Å². The summed E-state index contributed by atoms with van der Waals surface area (Å²) in [5.74, 6) is 0. The van der Waals surface area contributed by atoms with Gasteiger partial charge in [-0.3, -0.25) is 4.90 Å². The summed E-state index contributed by atoms with van der Waals surface area (Å²) in [6, 6.07) is 1.34. The summed E-state index contributed by atoms with van der Waals surface area (Å²) in [5, 5.41) is 3.40. The molecule has 2 saturated heterocycles. The highest BCUT2D eigenvalue weighted by Crippen LogP contribution is 2.14. The highest BCUT2D eigenvalue weighted by molar-refractivity contribution is 4.83. The second-order valence-electron chi connectivity index (χ2n) is 5.61. The average molecular weight is 241 g/mol. The van der Waals surface area contributed by atoms with E-state index in [1.54, 1.807) is 0 Å². The van der Waals surface area contributed by atoms with E-state index >= 15 is 0 Å². The van der Waals surface area contributed by atoms with E-state index < -0.39 is 0 Å². The van der Waals surface area contributed by atoms with E-state index in [1.807, 2.05) is 0 Å². The zero-order valence-corrected chi connectivity index (χ0v) is 11.5. The number of ether oxygens (including phenoxy) is 1. The smallest absolute Gasteiger partial charge is 0.0712 e. The largest absolute Gasteiger partial charge is 0.376 e. The van der Waals surface area contributed by atoms with Gasteiger partial charge in [0.05, 0.1) is 12.7 Å². The summed E-state index contributed by atoms with van der Waals surface area (Å²) >= 11 is 0. The van der Waals surface area contributed by atoms with Gasteiger partial charge in [0.15, 0.2) is 0 Å². The molecule has 2 heterocycles. The van der Waals surface area contributed by atoms with Crippen molar-refractivity contribution in [3.05, 3.63) is 0 Å². The van der Waals surface area contributed by atoms with Gasteiger partial charge in [-0.05, 0) is 27.3 Å². The van der Waals surface area contributed by atoms with Crippen molar-refractivity contribution in [2.45, 2.75) is 38.5 Å². The van der Waals surface area contributed by atoms with Crippen molar-refractivity contribution in [3.63, 3.8) is 0 Å². The standard InChI is InChI=1S/C13H27N3O/c1-11-9-16(10-12(2)15(11)3)6-4-13-8-14-5-7-17-13/h11-14H,4-10H2,1-3H3. The van der Waals surface area contributed by atoms with Crippen molar-refractivity contribution in [3.8, 4) is 0 Å². The summed E-state index contributed by atoms with van der Waals surface area (Å²) in [7, 11) is 2.24. The molecule has 0 aliphatic carbocycles. The third-order valence-electron chi connectivity index (χ3n) is 4.21. The first-order valence-corrected chi connectivity index (χ1v) is 6.93. The molecule has 2 aliphatic heterocycles. The summed E-state index contributed by atoms with van der Waals surface area (Å²) in [6.07, 6.45) is 1.59. The highest BCUT2D eigenvalue weighted by atomic mass is 16.5. The molecule has 0 aromatic carbocycles. The Morgan fingerprint density at radius 2 is 1.94 bits per heavy atom. The van der Waals surface area contributed by atoms with Crippen LogP contribution in [0.15, 0.2) is 0 Å². The van der Waals surface area contributed by atoms with Gasteiger partial charge < -0.3 is 15.0 Å². The van der Waals surface area contributed by atoms with Crippen molar-refractivity contribution in [2.24, 2.45) is 0 Å². The van der Waals surface area contributed by atoms with Gasteiger partial charge in [-0.25, -0.2) is 0 Å². The second-order valence-corrected chi connectivity index (χ2v) is 5.61. The zero-order chi connectivity index (χ0) is 12.3. The number of nitrogens with zero attached hydrogens (tertiary/aromatic N) is 2. The highest BCUT2D eigenvalue weighted by Gasteiger charge is 2.26. The first-order chi connectivity index (χ1) is 8.16. The fourth-order valence-electron chi connectivity index (χ4n) is 2.83. The number of rotatable bonds is 3. The summed E-state index contributed by atoms with van der Waals surface area (Å²) < 4.78 is 5.74. The number of morpholine rings is 1. The Labute approximate surface area is 105 Å². The van der Waals surface area contributed by atoms with Crippen molar-refractivity contribution in [2.75, 3.05) is 46.4 Å². The Kier molecular flexibility index (Phi) is 4.79. The molecule has 1 N–H and O–H groups in total. The minimum Gasteiger partial charge on any atom is -0.376 e. The summed E-state index contributed by atoms with van der Waals surface area (Å²) in [6.45, 7) is 11.1. The number of likely N-dealkylation sites (N-methyl/N-ethyl adjacent to an activating group) is 1. The van der Waals surface area contributed by atoms with E-state index in [4.69, 9.17) is 4.74 Å². The Hall–Kier alpha value is -0.160. The number of hydrogen-bond acceptors (Lipinski definition) is 4. The summed E-state index contributed by atoms with van der Waals surface area (Å²) in [5.41, 5.74) is 0. The fourth-order valence-corrected chi connectivity index (χ4v) is 2.83. The van der Waals surface area contributed by atoms with E-state index in [2.05, 4.69) is 36.0 Å². The Bertz CT molecular complexity index is 219. The monoisotopic (exact) mass is 241 g/mol. The van der Waals surface area contributed by atoms with Crippen molar-refractivity contribution < 1.29 is 4.74 Å². The number of piperazine rings is 1. The SMILES string of the molecule is CC1CN(CCC2CNCCO2)CC(C)N1C. The third-order valence-corrected chi connectivity index (χ3v) is 4.21. The van der Waals surface area contributed by atoms with Crippen molar-refractivity contribution in [1.29, 1.82) is 0 Å². The Morgan fingerprint density at radius 1 is 1.24 bits per heavy atom. The van der Waals surface area contributed by atoms with Crippen LogP contribution in [0.25, 0.3) is 0 Å². The molecule has 17 heavy (non-hydrogen) atoms. The molecular weight excluding hydrogens is 214 g/mol. The molecule has 2 rings (SSSR count). The van der Waals surface area contributed by atoms with Gasteiger partial charge >= 0.3 is 0 Å². The van der Waals surface area contributed by atoms with Crippen LogP contribution in [0.5, 0.6) is 0 Å². The van der Waals surface area contributed by atoms with Crippen LogP contribution in [-0.2, 0) is 4.74 Å². The summed E-state index contributed by atoms with van der Waals surface area (Å²) in [4.78, 5) is 5.07. The molecule has 0 radical (unpaired) electrons. The van der Waals surface area contributed by atoms with E-state index in [-0.39, 0.29) is 0 Å². The molecule has 0 spiro atoms. The lowest BCUT2D eigenvalue weighted by molar-refractivity contribution is 0.00546. The molecule has 4 heteroatoms. The first-order valence-electron chi connectivity index (χ1n) is 6.93. The van der Waals surface area contributed by atoms with Crippen LogP contribution in [-0.4, -0.2) is 74.4 Å². The zero-order valence-electron chi connectivity index (χ0n) is 11.5. The molecule has 0 bridgehead atoms. The van der Waals surface area contributed by atoms with Crippen LogP contribution in [0.3, 0.4) is 0 Å². The maximum atomic E-state index is 5.74. The molecule has 3 atom stereocenters. The van der Waals surface area contributed by atoms with Crippen LogP contribution in [0.4, 0.5) is 0 Å². The molecule has 100 valence electrons. The van der Waals surface area contributed by atoms with Crippen molar-refractivity contribution in [1.82, 2.24) is 15.1 Å². The number of hydrogen-bond donors (Lipinski definition) is 1. The minimum atomic E-state index is 0.425. The Morgan fingerprint density at radius 3 is 2.53 bits per heavy atom. The first kappa shape index (κ1) is 13.3. The lowest BCUT2D eigenvalue weighted by Crippen LogP contribution is -2.55. The van der Waals surface area contributed by atoms with Gasteiger partial charge in [0.2, 0.25) is 0 Å². The van der Waals surface area contributed by atoms with Gasteiger partial charge in [0.1, 0.15) is 0 Å². The van der Waals surface area contributed by atoms with E-state index in [9.17, 15) is 0 Å².